The number of amides is 1. The number of likely N-dealkylation sites (tertiary alicyclic amines) is 1. The second kappa shape index (κ2) is 6.46. The standard InChI is InChI=1S/C20H19NO5/c22-14-9-18(19(23)24)21(10-14)20(25)26-11-13-5-3-7-16-15-6-2-1-4-12(15)8-17(13)16/h1-7,14,18,22H,8-11H2,(H,23,24)/t14?,18-/m0/s1. The minimum absolute atomic E-state index is 0.0197. The number of carboxylic acid groups (broad SMARTS) is 1. The first-order chi connectivity index (χ1) is 12.5. The van der Waals surface area contributed by atoms with Crippen molar-refractivity contribution in [1.29, 1.82) is 0 Å². The van der Waals surface area contributed by atoms with Gasteiger partial charge >= 0.3 is 12.1 Å². The first kappa shape index (κ1) is 16.6. The van der Waals surface area contributed by atoms with Crippen molar-refractivity contribution in [3.63, 3.8) is 0 Å². The number of hydrogen-bond donors (Lipinski definition) is 2. The summed E-state index contributed by atoms with van der Waals surface area (Å²) >= 11 is 0. The predicted octanol–water partition coefficient (Wildman–Crippen LogP) is 2.41. The highest BCUT2D eigenvalue weighted by Crippen LogP contribution is 2.38. The fourth-order valence-electron chi connectivity index (χ4n) is 3.83. The Kier molecular flexibility index (Phi) is 4.12. The number of carbonyl (C=O) groups excluding carboxylic acids is 1. The predicted molar refractivity (Wildman–Crippen MR) is 93.6 cm³/mol. The monoisotopic (exact) mass is 353 g/mol. The number of rotatable bonds is 3. The molecule has 1 saturated heterocycles. The molecule has 1 unspecified atom stereocenters. The largest absolute Gasteiger partial charge is 0.480 e. The molecule has 0 spiro atoms. The number of β-amino-alcohol motifs (C(OH)–C–C–N with tert-alkyl or cyclic N) is 1. The number of aliphatic hydroxyl groups is 1. The average Bonchev–Trinajstić information content (AvgIpc) is 3.20. The van der Waals surface area contributed by atoms with Gasteiger partial charge in [-0.1, -0.05) is 42.5 Å². The van der Waals surface area contributed by atoms with E-state index in [2.05, 4.69) is 18.2 Å². The lowest BCUT2D eigenvalue weighted by atomic mass is 10.0. The molecule has 2 aromatic carbocycles. The van der Waals surface area contributed by atoms with Gasteiger partial charge in [-0.25, -0.2) is 9.59 Å². The summed E-state index contributed by atoms with van der Waals surface area (Å²) in [5, 5.41) is 18.9. The minimum Gasteiger partial charge on any atom is -0.480 e. The Morgan fingerprint density at radius 3 is 2.69 bits per heavy atom. The van der Waals surface area contributed by atoms with E-state index in [0.29, 0.717) is 0 Å². The van der Waals surface area contributed by atoms with Gasteiger partial charge in [0.05, 0.1) is 12.6 Å². The molecule has 6 nitrogen and oxygen atoms in total. The Labute approximate surface area is 150 Å². The molecule has 0 saturated carbocycles. The molecule has 4 rings (SSSR count). The molecule has 26 heavy (non-hydrogen) atoms. The summed E-state index contributed by atoms with van der Waals surface area (Å²) in [4.78, 5) is 24.7. The molecule has 2 atom stereocenters. The molecular formula is C20H19NO5. The number of aliphatic hydroxyl groups excluding tert-OH is 1. The van der Waals surface area contributed by atoms with Crippen LogP contribution in [0.3, 0.4) is 0 Å². The van der Waals surface area contributed by atoms with Crippen LogP contribution in [0.15, 0.2) is 42.5 Å². The van der Waals surface area contributed by atoms with Crippen LogP contribution in [-0.4, -0.2) is 45.9 Å². The number of ether oxygens (including phenoxy) is 1. The third kappa shape index (κ3) is 2.82. The van der Waals surface area contributed by atoms with Gasteiger partial charge in [0.25, 0.3) is 0 Å². The minimum atomic E-state index is -1.13. The van der Waals surface area contributed by atoms with Gasteiger partial charge in [0.1, 0.15) is 12.6 Å². The van der Waals surface area contributed by atoms with E-state index in [1.54, 1.807) is 0 Å². The van der Waals surface area contributed by atoms with Crippen molar-refractivity contribution < 1.29 is 24.5 Å². The normalized spacial score (nSPS) is 20.6. The fourth-order valence-corrected chi connectivity index (χ4v) is 3.83. The molecule has 0 radical (unpaired) electrons. The molecule has 2 aromatic rings. The van der Waals surface area contributed by atoms with Crippen molar-refractivity contribution >= 4 is 12.1 Å². The molecular weight excluding hydrogens is 334 g/mol. The van der Waals surface area contributed by atoms with Gasteiger partial charge in [-0.05, 0) is 34.2 Å². The summed E-state index contributed by atoms with van der Waals surface area (Å²) in [6, 6.07) is 13.1. The van der Waals surface area contributed by atoms with Crippen LogP contribution in [0.2, 0.25) is 0 Å². The summed E-state index contributed by atoms with van der Waals surface area (Å²) in [5.41, 5.74) is 5.64. The number of carboxylic acids is 1. The van der Waals surface area contributed by atoms with Crippen molar-refractivity contribution in [2.24, 2.45) is 0 Å². The highest BCUT2D eigenvalue weighted by molar-refractivity contribution is 5.81. The first-order valence-corrected chi connectivity index (χ1v) is 8.58. The Bertz CT molecular complexity index is 878. The lowest BCUT2D eigenvalue weighted by Crippen LogP contribution is -2.40. The molecule has 6 heteroatoms. The smallest absolute Gasteiger partial charge is 0.410 e. The van der Waals surface area contributed by atoms with E-state index in [1.807, 2.05) is 24.3 Å². The Morgan fingerprint density at radius 1 is 1.12 bits per heavy atom. The molecule has 2 N–H and O–H groups in total. The second-order valence-corrected chi connectivity index (χ2v) is 6.73. The first-order valence-electron chi connectivity index (χ1n) is 8.58. The summed E-state index contributed by atoms with van der Waals surface area (Å²) in [7, 11) is 0. The van der Waals surface area contributed by atoms with Crippen LogP contribution >= 0.6 is 0 Å². The maximum absolute atomic E-state index is 12.3. The zero-order valence-corrected chi connectivity index (χ0v) is 14.1. The van der Waals surface area contributed by atoms with E-state index in [0.717, 1.165) is 28.0 Å². The van der Waals surface area contributed by atoms with E-state index in [-0.39, 0.29) is 19.6 Å². The second-order valence-electron chi connectivity index (χ2n) is 6.73. The molecule has 1 fully saturated rings. The van der Waals surface area contributed by atoms with E-state index in [4.69, 9.17) is 4.74 Å². The van der Waals surface area contributed by atoms with Crippen LogP contribution in [0, 0.1) is 0 Å². The Morgan fingerprint density at radius 2 is 1.88 bits per heavy atom. The Hall–Kier alpha value is -2.86. The van der Waals surface area contributed by atoms with E-state index in [1.165, 1.54) is 11.1 Å². The van der Waals surface area contributed by atoms with Gasteiger partial charge in [-0.3, -0.25) is 4.90 Å². The number of carbonyl (C=O) groups is 2. The summed E-state index contributed by atoms with van der Waals surface area (Å²) < 4.78 is 5.38. The quantitative estimate of drug-likeness (QED) is 0.755. The molecule has 134 valence electrons. The maximum Gasteiger partial charge on any atom is 0.410 e. The van der Waals surface area contributed by atoms with Gasteiger partial charge in [0.2, 0.25) is 0 Å². The molecule has 1 aliphatic heterocycles. The topological polar surface area (TPSA) is 87.1 Å². The van der Waals surface area contributed by atoms with Gasteiger partial charge in [-0.15, -0.1) is 0 Å². The SMILES string of the molecule is O=C(O)[C@@H]1CC(O)CN1C(=O)OCc1cccc2c1Cc1ccccc1-2. The average molecular weight is 353 g/mol. The van der Waals surface area contributed by atoms with Crippen LogP contribution in [0.4, 0.5) is 4.79 Å². The van der Waals surface area contributed by atoms with E-state index in [9.17, 15) is 19.8 Å². The fraction of sp³-hybridized carbons (Fsp3) is 0.300. The molecule has 1 amide bonds. The number of aliphatic carboxylic acids is 1. The lowest BCUT2D eigenvalue weighted by Gasteiger charge is -2.21. The molecule has 0 bridgehead atoms. The number of hydrogen-bond acceptors (Lipinski definition) is 4. The van der Waals surface area contributed by atoms with Crippen molar-refractivity contribution in [1.82, 2.24) is 4.90 Å². The van der Waals surface area contributed by atoms with Crippen molar-refractivity contribution in [3.05, 3.63) is 59.2 Å². The zero-order valence-electron chi connectivity index (χ0n) is 14.1. The van der Waals surface area contributed by atoms with E-state index >= 15 is 0 Å². The highest BCUT2D eigenvalue weighted by atomic mass is 16.6. The molecule has 2 aliphatic rings. The van der Waals surface area contributed by atoms with Gasteiger partial charge in [-0.2, -0.15) is 0 Å². The molecule has 1 heterocycles. The van der Waals surface area contributed by atoms with Crippen LogP contribution in [0.5, 0.6) is 0 Å². The molecule has 0 aromatic heterocycles. The summed E-state index contributed by atoms with van der Waals surface area (Å²) in [6.45, 7) is 0.0586. The third-order valence-corrected chi connectivity index (χ3v) is 5.10. The van der Waals surface area contributed by atoms with Gasteiger partial charge < -0.3 is 14.9 Å². The van der Waals surface area contributed by atoms with Crippen LogP contribution in [0.1, 0.15) is 23.1 Å². The lowest BCUT2D eigenvalue weighted by molar-refractivity contribution is -0.141. The number of benzene rings is 2. The van der Waals surface area contributed by atoms with Crippen LogP contribution in [-0.2, 0) is 22.6 Å². The van der Waals surface area contributed by atoms with Crippen molar-refractivity contribution in [2.75, 3.05) is 6.54 Å². The van der Waals surface area contributed by atoms with Crippen molar-refractivity contribution in [2.45, 2.75) is 31.6 Å². The van der Waals surface area contributed by atoms with Crippen LogP contribution < -0.4 is 0 Å². The number of nitrogens with zero attached hydrogens (tertiary/aromatic N) is 1. The maximum atomic E-state index is 12.3. The number of fused-ring (bicyclic) bond motifs is 3. The summed E-state index contributed by atoms with van der Waals surface area (Å²) in [6.07, 6.45) is -0.721. The zero-order chi connectivity index (χ0) is 18.3. The van der Waals surface area contributed by atoms with Crippen LogP contribution in [0.25, 0.3) is 11.1 Å². The summed E-state index contributed by atoms with van der Waals surface area (Å²) in [5.74, 6) is -1.13. The van der Waals surface area contributed by atoms with E-state index < -0.39 is 24.2 Å². The molecule has 1 aliphatic carbocycles. The van der Waals surface area contributed by atoms with Crippen molar-refractivity contribution in [3.8, 4) is 11.1 Å². The van der Waals surface area contributed by atoms with Gasteiger partial charge in [0.15, 0.2) is 0 Å². The third-order valence-electron chi connectivity index (χ3n) is 5.10. The Balaban J connectivity index is 1.50. The highest BCUT2D eigenvalue weighted by Gasteiger charge is 2.40. The van der Waals surface area contributed by atoms with Gasteiger partial charge in [0, 0.05) is 6.42 Å².